The van der Waals surface area contributed by atoms with Crippen molar-refractivity contribution in [3.8, 4) is 5.75 Å². The number of halogens is 1. The average molecular weight is 287 g/mol. The lowest BCUT2D eigenvalue weighted by atomic mass is 9.99. The van der Waals surface area contributed by atoms with Crippen LogP contribution in [0.3, 0.4) is 0 Å². The fourth-order valence-corrected chi connectivity index (χ4v) is 2.61. The van der Waals surface area contributed by atoms with Gasteiger partial charge in [0, 0.05) is 26.2 Å². The second-order valence-corrected chi connectivity index (χ2v) is 4.99. The first-order valence-electron chi connectivity index (χ1n) is 6.49. The van der Waals surface area contributed by atoms with Crippen LogP contribution in [-0.4, -0.2) is 47.9 Å². The maximum atomic E-state index is 9.81. The molecule has 0 bridgehead atoms. The minimum Gasteiger partial charge on any atom is -0.507 e. The van der Waals surface area contributed by atoms with Gasteiger partial charge >= 0.3 is 0 Å². The number of nitrogens with zero attached hydrogens (tertiary/aromatic N) is 1. The van der Waals surface area contributed by atoms with E-state index in [9.17, 15) is 10.2 Å². The smallest absolute Gasteiger partial charge is 0.121 e. The molecule has 19 heavy (non-hydrogen) atoms. The van der Waals surface area contributed by atoms with Gasteiger partial charge in [-0.15, -0.1) is 12.4 Å². The van der Waals surface area contributed by atoms with Crippen LogP contribution in [0, 0.1) is 13.8 Å². The monoisotopic (exact) mass is 286 g/mol. The third kappa shape index (κ3) is 3.60. The second-order valence-electron chi connectivity index (χ2n) is 4.99. The number of phenols is 1. The fraction of sp³-hybridized carbons (Fsp3) is 0.571. The molecule has 1 aliphatic rings. The van der Waals surface area contributed by atoms with Crippen molar-refractivity contribution < 1.29 is 10.2 Å². The van der Waals surface area contributed by atoms with Crippen LogP contribution in [0.4, 0.5) is 0 Å². The Morgan fingerprint density at radius 1 is 1.21 bits per heavy atom. The van der Waals surface area contributed by atoms with Crippen LogP contribution in [0.1, 0.15) is 22.7 Å². The van der Waals surface area contributed by atoms with Crippen molar-refractivity contribution in [2.45, 2.75) is 19.9 Å². The number of aryl methyl sites for hydroxylation is 2. The zero-order valence-corrected chi connectivity index (χ0v) is 12.3. The summed E-state index contributed by atoms with van der Waals surface area (Å²) in [5.74, 6) is 0.357. The highest BCUT2D eigenvalue weighted by Crippen LogP contribution is 2.28. The molecule has 1 saturated heterocycles. The Bertz CT molecular complexity index is 397. The lowest BCUT2D eigenvalue weighted by Crippen LogP contribution is -2.46. The number of aliphatic hydroxyl groups is 1. The number of hydrogen-bond donors (Lipinski definition) is 3. The van der Waals surface area contributed by atoms with E-state index >= 15 is 0 Å². The Balaban J connectivity index is 0.00000180. The van der Waals surface area contributed by atoms with E-state index in [4.69, 9.17) is 0 Å². The van der Waals surface area contributed by atoms with Crippen molar-refractivity contribution in [3.63, 3.8) is 0 Å². The summed E-state index contributed by atoms with van der Waals surface area (Å²) in [5.41, 5.74) is 2.84. The lowest BCUT2D eigenvalue weighted by Gasteiger charge is -2.34. The largest absolute Gasteiger partial charge is 0.507 e. The Hall–Kier alpha value is -0.810. The van der Waals surface area contributed by atoms with Gasteiger partial charge in [-0.3, -0.25) is 4.90 Å². The van der Waals surface area contributed by atoms with Crippen molar-refractivity contribution in [3.05, 3.63) is 28.8 Å². The third-order valence-corrected chi connectivity index (χ3v) is 3.66. The highest BCUT2D eigenvalue weighted by atomic mass is 35.5. The van der Waals surface area contributed by atoms with Crippen molar-refractivity contribution in [1.82, 2.24) is 10.2 Å². The Labute approximate surface area is 120 Å². The summed E-state index contributed by atoms with van der Waals surface area (Å²) in [6.45, 7) is 7.74. The van der Waals surface area contributed by atoms with E-state index in [1.807, 2.05) is 26.0 Å². The number of hydrogen-bond acceptors (Lipinski definition) is 4. The van der Waals surface area contributed by atoms with Gasteiger partial charge in [0.2, 0.25) is 0 Å². The summed E-state index contributed by atoms with van der Waals surface area (Å²) in [7, 11) is 0. The van der Waals surface area contributed by atoms with E-state index in [-0.39, 0.29) is 25.1 Å². The molecule has 3 N–H and O–H groups in total. The molecule has 1 aromatic carbocycles. The molecule has 1 atom stereocenters. The summed E-state index contributed by atoms with van der Waals surface area (Å²) < 4.78 is 0. The molecule has 1 heterocycles. The first kappa shape index (κ1) is 16.2. The molecule has 4 nitrogen and oxygen atoms in total. The van der Waals surface area contributed by atoms with Crippen LogP contribution >= 0.6 is 12.4 Å². The van der Waals surface area contributed by atoms with Crippen LogP contribution in [0.15, 0.2) is 12.1 Å². The predicted molar refractivity (Wildman–Crippen MR) is 79.1 cm³/mol. The molecule has 0 saturated carbocycles. The van der Waals surface area contributed by atoms with Gasteiger partial charge in [0.05, 0.1) is 12.6 Å². The molecular weight excluding hydrogens is 264 g/mol. The Kier molecular flexibility index (Phi) is 6.07. The molecule has 0 spiro atoms. The van der Waals surface area contributed by atoms with E-state index in [1.165, 1.54) is 0 Å². The number of phenolic OH excluding ortho intramolecular Hbond substituents is 1. The number of aromatic hydroxyl groups is 1. The standard InChI is InChI=1S/C14H22N2O2.ClH/c1-10-7-12(8-11(2)14(10)18)13(9-17)16-5-3-15-4-6-16;/h7-8,13,15,17-18H,3-6,9H2,1-2H3;1H/t13-;/m1./s1. The maximum Gasteiger partial charge on any atom is 0.121 e. The molecule has 5 heteroatoms. The molecule has 0 aliphatic carbocycles. The van der Waals surface area contributed by atoms with Crippen molar-refractivity contribution >= 4 is 12.4 Å². The number of aliphatic hydroxyl groups excluding tert-OH is 1. The molecule has 108 valence electrons. The van der Waals surface area contributed by atoms with E-state index in [1.54, 1.807) is 0 Å². The van der Waals surface area contributed by atoms with Crippen LogP contribution in [0.25, 0.3) is 0 Å². The first-order chi connectivity index (χ1) is 8.63. The Morgan fingerprint density at radius 3 is 2.21 bits per heavy atom. The van der Waals surface area contributed by atoms with Gasteiger partial charge in [0.15, 0.2) is 0 Å². The first-order valence-corrected chi connectivity index (χ1v) is 6.49. The maximum absolute atomic E-state index is 9.81. The molecule has 2 rings (SSSR count). The topological polar surface area (TPSA) is 55.7 Å². The van der Waals surface area contributed by atoms with Gasteiger partial charge in [0.1, 0.15) is 5.75 Å². The van der Waals surface area contributed by atoms with Gasteiger partial charge in [-0.2, -0.15) is 0 Å². The predicted octanol–water partition coefficient (Wildman–Crippen LogP) is 1.37. The quantitative estimate of drug-likeness (QED) is 0.786. The van der Waals surface area contributed by atoms with Crippen molar-refractivity contribution in [1.29, 1.82) is 0 Å². The Morgan fingerprint density at radius 2 is 1.74 bits per heavy atom. The minimum absolute atomic E-state index is 0. The lowest BCUT2D eigenvalue weighted by molar-refractivity contribution is 0.110. The average Bonchev–Trinajstić information content (AvgIpc) is 2.38. The number of benzene rings is 1. The van der Waals surface area contributed by atoms with E-state index in [0.717, 1.165) is 42.9 Å². The second kappa shape index (κ2) is 7.10. The normalized spacial score (nSPS) is 17.8. The van der Waals surface area contributed by atoms with E-state index in [2.05, 4.69) is 10.2 Å². The van der Waals surface area contributed by atoms with E-state index < -0.39 is 0 Å². The highest BCUT2D eigenvalue weighted by Gasteiger charge is 2.22. The number of nitrogens with one attached hydrogen (secondary N) is 1. The zero-order chi connectivity index (χ0) is 13.1. The van der Waals surface area contributed by atoms with Crippen LogP contribution in [0.2, 0.25) is 0 Å². The van der Waals surface area contributed by atoms with Crippen molar-refractivity contribution in [2.24, 2.45) is 0 Å². The molecular formula is C14H23ClN2O2. The minimum atomic E-state index is 0. The summed E-state index contributed by atoms with van der Waals surface area (Å²) in [6.07, 6.45) is 0. The van der Waals surface area contributed by atoms with Gasteiger partial charge in [-0.1, -0.05) is 12.1 Å². The van der Waals surface area contributed by atoms with Gasteiger partial charge < -0.3 is 15.5 Å². The van der Waals surface area contributed by atoms with Crippen LogP contribution in [0.5, 0.6) is 5.75 Å². The summed E-state index contributed by atoms with van der Waals surface area (Å²) >= 11 is 0. The molecule has 1 fully saturated rings. The summed E-state index contributed by atoms with van der Waals surface area (Å²) in [4.78, 5) is 2.29. The van der Waals surface area contributed by atoms with E-state index in [0.29, 0.717) is 5.75 Å². The number of piperazine rings is 1. The zero-order valence-electron chi connectivity index (χ0n) is 11.5. The molecule has 1 aromatic rings. The molecule has 0 unspecified atom stereocenters. The molecule has 0 amide bonds. The molecule has 1 aliphatic heterocycles. The van der Waals surface area contributed by atoms with Crippen LogP contribution in [-0.2, 0) is 0 Å². The van der Waals surface area contributed by atoms with Gasteiger partial charge in [-0.25, -0.2) is 0 Å². The highest BCUT2D eigenvalue weighted by molar-refractivity contribution is 5.85. The molecule has 0 radical (unpaired) electrons. The van der Waals surface area contributed by atoms with Crippen LogP contribution < -0.4 is 5.32 Å². The van der Waals surface area contributed by atoms with Gasteiger partial charge in [0.25, 0.3) is 0 Å². The molecule has 0 aromatic heterocycles. The fourth-order valence-electron chi connectivity index (χ4n) is 2.61. The van der Waals surface area contributed by atoms with Crippen molar-refractivity contribution in [2.75, 3.05) is 32.8 Å². The SMILES string of the molecule is Cc1cc([C@@H](CO)N2CCNCC2)cc(C)c1O.Cl. The third-order valence-electron chi connectivity index (χ3n) is 3.66. The number of rotatable bonds is 3. The summed E-state index contributed by atoms with van der Waals surface area (Å²) in [6, 6.07) is 3.99. The summed E-state index contributed by atoms with van der Waals surface area (Å²) in [5, 5.41) is 22.8. The van der Waals surface area contributed by atoms with Gasteiger partial charge in [-0.05, 0) is 30.5 Å².